The highest BCUT2D eigenvalue weighted by molar-refractivity contribution is 7.16. The Labute approximate surface area is 78.2 Å². The van der Waals surface area contributed by atoms with E-state index in [4.69, 9.17) is 16.7 Å². The summed E-state index contributed by atoms with van der Waals surface area (Å²) in [6.45, 7) is -0.367. The summed E-state index contributed by atoms with van der Waals surface area (Å²) >= 11 is 6.86. The molecule has 0 amide bonds. The molecule has 0 aromatic carbocycles. The minimum absolute atomic E-state index is 0.131. The molecule has 68 valence electrons. The maximum absolute atomic E-state index is 11.7. The molecule has 0 atom stereocenters. The number of halogens is 2. The number of aliphatic hydroxyl groups excluding tert-OH is 1. The molecule has 12 heavy (non-hydrogen) atoms. The van der Waals surface area contributed by atoms with Crippen LogP contribution in [0.25, 0.3) is 0 Å². The number of aliphatic hydroxyl groups is 1. The van der Waals surface area contributed by atoms with Gasteiger partial charge in [-0.1, -0.05) is 22.9 Å². The third kappa shape index (κ3) is 2.30. The molecule has 1 aromatic heterocycles. The molecule has 0 fully saturated rings. The Hall–Kier alpha value is -0.390. The Morgan fingerprint density at radius 3 is 2.92 bits per heavy atom. The summed E-state index contributed by atoms with van der Waals surface area (Å²) in [7, 11) is 0. The second-order valence-electron chi connectivity index (χ2n) is 2.01. The van der Waals surface area contributed by atoms with Crippen LogP contribution in [0.15, 0.2) is 0 Å². The van der Waals surface area contributed by atoms with Gasteiger partial charge in [0.1, 0.15) is 11.8 Å². The molecule has 0 aliphatic rings. The highest BCUT2D eigenvalue weighted by atomic mass is 35.5. The highest BCUT2D eigenvalue weighted by Crippen LogP contribution is 2.26. The average Bonchev–Trinajstić information content (AvgIpc) is 2.43. The topological polar surface area (TPSA) is 45.1 Å². The summed E-state index contributed by atoms with van der Waals surface area (Å²) in [6, 6.07) is 0. The van der Waals surface area contributed by atoms with Crippen LogP contribution in [0.2, 0.25) is 5.15 Å². The summed E-state index contributed by atoms with van der Waals surface area (Å²) < 4.78 is 11.7. The van der Waals surface area contributed by atoms with Gasteiger partial charge < -0.3 is 10.4 Å². The number of hydrogen-bond acceptors (Lipinski definition) is 4. The van der Waals surface area contributed by atoms with Crippen molar-refractivity contribution >= 4 is 28.1 Å². The van der Waals surface area contributed by atoms with Crippen molar-refractivity contribution in [3.63, 3.8) is 0 Å². The summed E-state index contributed by atoms with van der Waals surface area (Å²) in [6.07, 6.45) is 0. The maximum atomic E-state index is 11.7. The van der Waals surface area contributed by atoms with E-state index >= 15 is 0 Å². The standard InChI is InChI=1S/C6H8ClFN2OS/c7-5-4(3-11)12-6(10-5)9-2-1-8/h11H,1-3H2,(H,9,10). The lowest BCUT2D eigenvalue weighted by molar-refractivity contribution is 0.285. The zero-order chi connectivity index (χ0) is 8.97. The van der Waals surface area contributed by atoms with E-state index in [1.165, 1.54) is 11.3 Å². The monoisotopic (exact) mass is 210 g/mol. The first-order valence-electron chi connectivity index (χ1n) is 3.34. The number of rotatable bonds is 4. The van der Waals surface area contributed by atoms with Crippen LogP contribution in [0, 0.1) is 0 Å². The van der Waals surface area contributed by atoms with Gasteiger partial charge in [-0.15, -0.1) is 0 Å². The Morgan fingerprint density at radius 2 is 2.42 bits per heavy atom. The minimum Gasteiger partial charge on any atom is -0.391 e. The number of nitrogens with zero attached hydrogens (tertiary/aromatic N) is 1. The van der Waals surface area contributed by atoms with Crippen molar-refractivity contribution < 1.29 is 9.50 Å². The van der Waals surface area contributed by atoms with Gasteiger partial charge in [0.05, 0.1) is 11.5 Å². The van der Waals surface area contributed by atoms with E-state index in [-0.39, 0.29) is 18.3 Å². The first-order valence-corrected chi connectivity index (χ1v) is 4.53. The van der Waals surface area contributed by atoms with E-state index in [2.05, 4.69) is 10.3 Å². The molecular formula is C6H8ClFN2OS. The largest absolute Gasteiger partial charge is 0.391 e. The Morgan fingerprint density at radius 1 is 1.67 bits per heavy atom. The van der Waals surface area contributed by atoms with Crippen LogP contribution >= 0.6 is 22.9 Å². The molecule has 0 saturated carbocycles. The zero-order valence-corrected chi connectivity index (χ0v) is 7.75. The van der Waals surface area contributed by atoms with Gasteiger partial charge in [0.15, 0.2) is 5.13 Å². The molecule has 0 bridgehead atoms. The fourth-order valence-electron chi connectivity index (χ4n) is 0.660. The lowest BCUT2D eigenvalue weighted by atomic mass is 10.6. The van der Waals surface area contributed by atoms with Gasteiger partial charge >= 0.3 is 0 Å². The van der Waals surface area contributed by atoms with Crippen LogP contribution in [0.5, 0.6) is 0 Å². The first-order chi connectivity index (χ1) is 5.77. The van der Waals surface area contributed by atoms with E-state index in [0.717, 1.165) is 0 Å². The number of hydrogen-bond donors (Lipinski definition) is 2. The smallest absolute Gasteiger partial charge is 0.184 e. The quantitative estimate of drug-likeness (QED) is 0.795. The molecule has 2 N–H and O–H groups in total. The van der Waals surface area contributed by atoms with Gasteiger partial charge in [-0.25, -0.2) is 9.37 Å². The second-order valence-corrected chi connectivity index (χ2v) is 3.45. The predicted octanol–water partition coefficient (Wildman–Crippen LogP) is 1.67. The number of anilines is 1. The van der Waals surface area contributed by atoms with Crippen molar-refractivity contribution in [2.45, 2.75) is 6.61 Å². The van der Waals surface area contributed by atoms with Gasteiger partial charge in [-0.05, 0) is 0 Å². The van der Waals surface area contributed by atoms with E-state index in [0.29, 0.717) is 10.0 Å². The molecule has 0 radical (unpaired) electrons. The van der Waals surface area contributed by atoms with Crippen LogP contribution < -0.4 is 5.32 Å². The van der Waals surface area contributed by atoms with Crippen LogP contribution in [0.4, 0.5) is 9.52 Å². The Balaban J connectivity index is 2.62. The van der Waals surface area contributed by atoms with Gasteiger partial charge in [0.25, 0.3) is 0 Å². The molecule has 0 aliphatic heterocycles. The second kappa shape index (κ2) is 4.59. The first kappa shape index (κ1) is 9.70. The number of aromatic nitrogens is 1. The van der Waals surface area contributed by atoms with E-state index in [1.54, 1.807) is 0 Å². The van der Waals surface area contributed by atoms with Crippen LogP contribution in [-0.2, 0) is 6.61 Å². The molecule has 0 spiro atoms. The minimum atomic E-state index is -0.453. The molecule has 3 nitrogen and oxygen atoms in total. The summed E-state index contributed by atoms with van der Waals surface area (Å²) in [4.78, 5) is 4.46. The van der Waals surface area contributed by atoms with Crippen molar-refractivity contribution in [3.05, 3.63) is 10.0 Å². The lowest BCUT2D eigenvalue weighted by Crippen LogP contribution is -2.01. The molecule has 6 heteroatoms. The molecule has 0 unspecified atom stereocenters. The van der Waals surface area contributed by atoms with E-state index in [9.17, 15) is 4.39 Å². The van der Waals surface area contributed by atoms with Gasteiger partial charge in [0.2, 0.25) is 0 Å². The van der Waals surface area contributed by atoms with Crippen LogP contribution in [0.1, 0.15) is 4.88 Å². The summed E-state index contributed by atoms with van der Waals surface area (Å²) in [5, 5.41) is 12.3. The van der Waals surface area contributed by atoms with E-state index in [1.807, 2.05) is 0 Å². The Kier molecular flexibility index (Phi) is 3.71. The highest BCUT2D eigenvalue weighted by Gasteiger charge is 2.06. The normalized spacial score (nSPS) is 10.2. The molecule has 1 aromatic rings. The SMILES string of the molecule is OCc1sc(NCCF)nc1Cl. The fraction of sp³-hybridized carbons (Fsp3) is 0.500. The molecule has 0 aliphatic carbocycles. The van der Waals surface area contributed by atoms with Crippen molar-refractivity contribution in [2.24, 2.45) is 0 Å². The number of alkyl halides is 1. The van der Waals surface area contributed by atoms with Crippen molar-refractivity contribution in [1.82, 2.24) is 4.98 Å². The summed E-state index contributed by atoms with van der Waals surface area (Å²) in [5.74, 6) is 0. The van der Waals surface area contributed by atoms with Gasteiger partial charge in [0, 0.05) is 6.54 Å². The van der Waals surface area contributed by atoms with Crippen LogP contribution in [-0.4, -0.2) is 23.3 Å². The number of thiazole rings is 1. The third-order valence-corrected chi connectivity index (χ3v) is 2.59. The van der Waals surface area contributed by atoms with E-state index < -0.39 is 6.67 Å². The average molecular weight is 211 g/mol. The lowest BCUT2D eigenvalue weighted by Gasteiger charge is -1.94. The molecule has 1 heterocycles. The maximum Gasteiger partial charge on any atom is 0.184 e. The number of nitrogens with one attached hydrogen (secondary N) is 1. The molecule has 0 saturated heterocycles. The van der Waals surface area contributed by atoms with Gasteiger partial charge in [-0.3, -0.25) is 0 Å². The van der Waals surface area contributed by atoms with Gasteiger partial charge in [-0.2, -0.15) is 0 Å². The third-order valence-electron chi connectivity index (χ3n) is 1.16. The predicted molar refractivity (Wildman–Crippen MR) is 47.5 cm³/mol. The van der Waals surface area contributed by atoms with Crippen molar-refractivity contribution in [1.29, 1.82) is 0 Å². The zero-order valence-electron chi connectivity index (χ0n) is 6.18. The van der Waals surface area contributed by atoms with Crippen LogP contribution in [0.3, 0.4) is 0 Å². The molecular weight excluding hydrogens is 203 g/mol. The molecule has 1 rings (SSSR count). The summed E-state index contributed by atoms with van der Waals surface area (Å²) in [5.41, 5.74) is 0. The van der Waals surface area contributed by atoms with Crippen molar-refractivity contribution in [2.75, 3.05) is 18.5 Å². The van der Waals surface area contributed by atoms with Crippen molar-refractivity contribution in [3.8, 4) is 0 Å². The Bertz CT molecular complexity index is 256. The fourth-order valence-corrected chi connectivity index (χ4v) is 1.71.